The molecule has 0 spiro atoms. The molecule has 1 aliphatic carbocycles. The van der Waals surface area contributed by atoms with Crippen LogP contribution in [0.5, 0.6) is 0 Å². The molecule has 1 amide bonds. The number of rotatable bonds is 4. The molecule has 0 radical (unpaired) electrons. The molecule has 0 aromatic heterocycles. The molecule has 0 aromatic rings. The predicted octanol–water partition coefficient (Wildman–Crippen LogP) is 1.17. The molecule has 18 heavy (non-hydrogen) atoms. The zero-order valence-electron chi connectivity index (χ0n) is 10.8. The van der Waals surface area contributed by atoms with Crippen molar-refractivity contribution in [2.75, 3.05) is 26.2 Å². The average molecular weight is 298 g/mol. The Hall–Kier alpha value is -0.0300. The monoisotopic (exact) mass is 297 g/mol. The fraction of sp³-hybridized carbons (Fsp3) is 0.917. The van der Waals surface area contributed by atoms with Crippen LogP contribution in [0.3, 0.4) is 0 Å². The number of amides is 1. The van der Waals surface area contributed by atoms with E-state index in [1.807, 2.05) is 0 Å². The highest BCUT2D eigenvalue weighted by Crippen LogP contribution is 2.23. The van der Waals surface area contributed by atoms with Gasteiger partial charge in [-0.05, 0) is 38.8 Å². The van der Waals surface area contributed by atoms with Crippen molar-refractivity contribution < 1.29 is 4.79 Å². The molecule has 2 fully saturated rings. The number of likely N-dealkylation sites (tertiary alicyclic amines) is 1. The van der Waals surface area contributed by atoms with Crippen LogP contribution in [0.25, 0.3) is 0 Å². The molecule has 2 aliphatic rings. The summed E-state index contributed by atoms with van der Waals surface area (Å²) in [5.41, 5.74) is 5.90. The normalized spacial score (nSPS) is 27.4. The fourth-order valence-corrected chi connectivity index (χ4v) is 2.79. The predicted molar refractivity (Wildman–Crippen MR) is 78.5 cm³/mol. The lowest BCUT2D eigenvalue weighted by Crippen LogP contribution is -2.41. The van der Waals surface area contributed by atoms with Crippen molar-refractivity contribution in [3.63, 3.8) is 0 Å². The molecule has 1 aliphatic heterocycles. The van der Waals surface area contributed by atoms with Gasteiger partial charge in [0, 0.05) is 19.1 Å². The van der Waals surface area contributed by atoms with E-state index >= 15 is 0 Å². The molecule has 2 rings (SSSR count). The first-order chi connectivity index (χ1) is 7.77. The minimum absolute atomic E-state index is 0. The largest absolute Gasteiger partial charge is 0.355 e. The van der Waals surface area contributed by atoms with Gasteiger partial charge in [-0.15, -0.1) is 24.8 Å². The molecule has 1 saturated heterocycles. The van der Waals surface area contributed by atoms with Crippen LogP contribution in [0.4, 0.5) is 0 Å². The van der Waals surface area contributed by atoms with Gasteiger partial charge in [-0.1, -0.05) is 6.42 Å². The molecule has 4 nitrogen and oxygen atoms in total. The molecule has 2 unspecified atom stereocenters. The number of carbonyl (C=O) groups excluding carboxylic acids is 1. The molecular weight excluding hydrogens is 273 g/mol. The first-order valence-corrected chi connectivity index (χ1v) is 6.53. The van der Waals surface area contributed by atoms with Crippen molar-refractivity contribution in [2.45, 2.75) is 38.1 Å². The standard InChI is InChI=1S/C12H23N3O.2ClH/c13-11-5-3-4-10(11)12(16)14-6-9-15-7-1-2-8-15;;/h10-11H,1-9,13H2,(H,14,16);2*1H. The Morgan fingerprint density at radius 1 is 1.17 bits per heavy atom. The van der Waals surface area contributed by atoms with Gasteiger partial charge in [0.15, 0.2) is 0 Å². The molecule has 0 bridgehead atoms. The number of nitrogens with one attached hydrogen (secondary N) is 1. The summed E-state index contributed by atoms with van der Waals surface area (Å²) in [6.07, 6.45) is 5.69. The van der Waals surface area contributed by atoms with E-state index in [-0.39, 0.29) is 42.7 Å². The van der Waals surface area contributed by atoms with Gasteiger partial charge in [-0.25, -0.2) is 0 Å². The van der Waals surface area contributed by atoms with Crippen LogP contribution in [0, 0.1) is 5.92 Å². The first kappa shape index (κ1) is 18.0. The molecule has 1 saturated carbocycles. The summed E-state index contributed by atoms with van der Waals surface area (Å²) in [4.78, 5) is 14.2. The Labute approximate surface area is 122 Å². The van der Waals surface area contributed by atoms with Gasteiger partial charge >= 0.3 is 0 Å². The summed E-state index contributed by atoms with van der Waals surface area (Å²) in [7, 11) is 0. The van der Waals surface area contributed by atoms with Crippen molar-refractivity contribution in [3.8, 4) is 0 Å². The molecule has 3 N–H and O–H groups in total. The van der Waals surface area contributed by atoms with Crippen LogP contribution in [0.2, 0.25) is 0 Å². The third-order valence-corrected chi connectivity index (χ3v) is 3.83. The van der Waals surface area contributed by atoms with Gasteiger partial charge in [0.05, 0.1) is 5.92 Å². The maximum atomic E-state index is 11.8. The smallest absolute Gasteiger partial charge is 0.224 e. The zero-order valence-corrected chi connectivity index (χ0v) is 12.4. The van der Waals surface area contributed by atoms with Crippen LogP contribution in [-0.4, -0.2) is 43.0 Å². The number of nitrogens with two attached hydrogens (primary N) is 1. The summed E-state index contributed by atoms with van der Waals surface area (Å²) < 4.78 is 0. The van der Waals surface area contributed by atoms with E-state index < -0.39 is 0 Å². The second kappa shape index (κ2) is 8.97. The number of carbonyl (C=O) groups is 1. The van der Waals surface area contributed by atoms with Gasteiger partial charge in [-0.2, -0.15) is 0 Å². The third kappa shape index (κ3) is 4.92. The Morgan fingerprint density at radius 3 is 2.39 bits per heavy atom. The second-order valence-electron chi connectivity index (χ2n) is 5.04. The molecular formula is C12H25Cl2N3O. The minimum Gasteiger partial charge on any atom is -0.355 e. The average Bonchev–Trinajstić information content (AvgIpc) is 2.88. The summed E-state index contributed by atoms with van der Waals surface area (Å²) in [5.74, 6) is 0.239. The summed E-state index contributed by atoms with van der Waals surface area (Å²) in [6, 6.07) is 0.0896. The third-order valence-electron chi connectivity index (χ3n) is 3.83. The maximum Gasteiger partial charge on any atom is 0.224 e. The van der Waals surface area contributed by atoms with Crippen LogP contribution < -0.4 is 11.1 Å². The topological polar surface area (TPSA) is 58.4 Å². The SMILES string of the molecule is Cl.Cl.NC1CCCC1C(=O)NCCN1CCCC1. The van der Waals surface area contributed by atoms with Crippen molar-refractivity contribution in [1.29, 1.82) is 0 Å². The van der Waals surface area contributed by atoms with E-state index in [0.717, 1.165) is 32.4 Å². The van der Waals surface area contributed by atoms with Crippen LogP contribution in [0.1, 0.15) is 32.1 Å². The molecule has 6 heteroatoms. The van der Waals surface area contributed by atoms with Crippen LogP contribution >= 0.6 is 24.8 Å². The highest BCUT2D eigenvalue weighted by Gasteiger charge is 2.29. The highest BCUT2D eigenvalue weighted by molar-refractivity contribution is 5.85. The summed E-state index contributed by atoms with van der Waals surface area (Å²) in [6.45, 7) is 4.16. The molecule has 108 valence electrons. The Morgan fingerprint density at radius 2 is 1.83 bits per heavy atom. The minimum atomic E-state index is 0. The number of hydrogen-bond donors (Lipinski definition) is 2. The lowest BCUT2D eigenvalue weighted by Gasteiger charge is -2.18. The van der Waals surface area contributed by atoms with Crippen molar-refractivity contribution >= 4 is 30.7 Å². The quantitative estimate of drug-likeness (QED) is 0.819. The fourth-order valence-electron chi connectivity index (χ4n) is 2.79. The van der Waals surface area contributed by atoms with E-state index in [1.54, 1.807) is 0 Å². The molecule has 1 heterocycles. The van der Waals surface area contributed by atoms with Gasteiger partial charge in [0.2, 0.25) is 5.91 Å². The Balaban J connectivity index is 0.00000144. The number of nitrogens with zero attached hydrogens (tertiary/aromatic N) is 1. The van der Waals surface area contributed by atoms with Crippen molar-refractivity contribution in [3.05, 3.63) is 0 Å². The maximum absolute atomic E-state index is 11.8. The first-order valence-electron chi connectivity index (χ1n) is 6.53. The lowest BCUT2D eigenvalue weighted by atomic mass is 10.0. The van der Waals surface area contributed by atoms with E-state index in [9.17, 15) is 4.79 Å². The summed E-state index contributed by atoms with van der Waals surface area (Å²) >= 11 is 0. The number of hydrogen-bond acceptors (Lipinski definition) is 3. The Kier molecular flexibility index (Phi) is 8.95. The Bertz CT molecular complexity index is 247. The zero-order chi connectivity index (χ0) is 11.4. The van der Waals surface area contributed by atoms with Crippen molar-refractivity contribution in [2.24, 2.45) is 11.7 Å². The second-order valence-corrected chi connectivity index (χ2v) is 5.04. The summed E-state index contributed by atoms with van der Waals surface area (Å²) in [5, 5.41) is 3.02. The van der Waals surface area contributed by atoms with E-state index in [4.69, 9.17) is 5.73 Å². The molecule has 0 aromatic carbocycles. The van der Waals surface area contributed by atoms with E-state index in [2.05, 4.69) is 10.2 Å². The van der Waals surface area contributed by atoms with Gasteiger partial charge in [-0.3, -0.25) is 4.79 Å². The number of halogens is 2. The van der Waals surface area contributed by atoms with E-state index in [0.29, 0.717) is 0 Å². The molecule has 2 atom stereocenters. The van der Waals surface area contributed by atoms with E-state index in [1.165, 1.54) is 25.9 Å². The van der Waals surface area contributed by atoms with Gasteiger partial charge < -0.3 is 16.0 Å². The van der Waals surface area contributed by atoms with Gasteiger partial charge in [0.25, 0.3) is 0 Å². The van der Waals surface area contributed by atoms with Gasteiger partial charge in [0.1, 0.15) is 0 Å². The van der Waals surface area contributed by atoms with Crippen LogP contribution in [0.15, 0.2) is 0 Å². The van der Waals surface area contributed by atoms with Crippen molar-refractivity contribution in [1.82, 2.24) is 10.2 Å². The van der Waals surface area contributed by atoms with Crippen LogP contribution in [-0.2, 0) is 4.79 Å². The lowest BCUT2D eigenvalue weighted by molar-refractivity contribution is -0.125. The highest BCUT2D eigenvalue weighted by atomic mass is 35.5.